The van der Waals surface area contributed by atoms with Gasteiger partial charge in [0.25, 0.3) is 10.0 Å². The van der Waals surface area contributed by atoms with Gasteiger partial charge in [-0.05, 0) is 18.2 Å². The molecule has 1 N–H and O–H groups in total. The van der Waals surface area contributed by atoms with E-state index in [0.717, 1.165) is 32.8 Å². The second-order valence-corrected chi connectivity index (χ2v) is 9.32. The van der Waals surface area contributed by atoms with Crippen molar-refractivity contribution in [1.29, 1.82) is 0 Å². The van der Waals surface area contributed by atoms with Gasteiger partial charge < -0.3 is 23.7 Å². The largest absolute Gasteiger partial charge is 0.497 e. The van der Waals surface area contributed by atoms with Crippen LogP contribution in [-0.4, -0.2) is 84.1 Å². The molecule has 0 spiro atoms. The Balaban J connectivity index is 1.60. The van der Waals surface area contributed by atoms with Crippen LogP contribution in [0.3, 0.4) is 0 Å². The number of morpholine rings is 1. The maximum Gasteiger partial charge on any atom is 0.266 e. The van der Waals surface area contributed by atoms with Crippen molar-refractivity contribution in [3.8, 4) is 23.0 Å². The Bertz CT molecular complexity index is 1280. The summed E-state index contributed by atoms with van der Waals surface area (Å²) in [6.07, 6.45) is 1.28. The standard InChI is InChI=1S/C23H28N4O7S/c1-30-16-4-5-19(31-2)22(12-16)35(28,29)26-23-17-13-20(32-3)21(14-18(17)24-15-25-23)34-11-8-27-6-9-33-10-7-27/h4-5,12-15H,6-11H2,1-3H3,(H,24,25,26). The van der Waals surface area contributed by atoms with Crippen LogP contribution in [0.1, 0.15) is 0 Å². The van der Waals surface area contributed by atoms with E-state index >= 15 is 0 Å². The van der Waals surface area contributed by atoms with E-state index in [1.807, 2.05) is 0 Å². The Labute approximate surface area is 204 Å². The molecule has 1 aliphatic heterocycles. The number of aromatic nitrogens is 2. The molecule has 3 aromatic rings. The van der Waals surface area contributed by atoms with Gasteiger partial charge in [-0.1, -0.05) is 0 Å². The van der Waals surface area contributed by atoms with Gasteiger partial charge in [-0.2, -0.15) is 0 Å². The maximum atomic E-state index is 13.2. The zero-order valence-corrected chi connectivity index (χ0v) is 20.6. The Hall–Kier alpha value is -3.35. The molecule has 35 heavy (non-hydrogen) atoms. The number of sulfonamides is 1. The summed E-state index contributed by atoms with van der Waals surface area (Å²) in [6, 6.07) is 7.88. The van der Waals surface area contributed by atoms with Gasteiger partial charge in [0, 0.05) is 37.2 Å². The number of ether oxygens (including phenoxy) is 5. The van der Waals surface area contributed by atoms with Crippen molar-refractivity contribution in [2.45, 2.75) is 4.90 Å². The molecule has 0 atom stereocenters. The first-order chi connectivity index (χ1) is 16.9. The third-order valence-corrected chi connectivity index (χ3v) is 6.94. The fourth-order valence-corrected chi connectivity index (χ4v) is 4.92. The average molecular weight is 505 g/mol. The lowest BCUT2D eigenvalue weighted by Gasteiger charge is -2.26. The van der Waals surface area contributed by atoms with Gasteiger partial charge in [-0.3, -0.25) is 9.62 Å². The molecule has 0 aliphatic carbocycles. The molecule has 0 unspecified atom stereocenters. The topological polar surface area (TPSA) is 121 Å². The number of benzene rings is 2. The Kier molecular flexibility index (Phi) is 7.73. The van der Waals surface area contributed by atoms with Crippen molar-refractivity contribution in [3.05, 3.63) is 36.7 Å². The van der Waals surface area contributed by atoms with Crippen molar-refractivity contribution in [3.63, 3.8) is 0 Å². The first kappa shape index (κ1) is 24.8. The molecule has 11 nitrogen and oxygen atoms in total. The van der Waals surface area contributed by atoms with Crippen LogP contribution < -0.4 is 23.7 Å². The molecule has 0 bridgehead atoms. The molecule has 188 valence electrons. The molecule has 1 saturated heterocycles. The Morgan fingerprint density at radius 1 is 0.971 bits per heavy atom. The zero-order chi connectivity index (χ0) is 24.8. The van der Waals surface area contributed by atoms with Crippen LogP contribution in [0.25, 0.3) is 10.9 Å². The van der Waals surface area contributed by atoms with Gasteiger partial charge in [0.15, 0.2) is 17.3 Å². The number of rotatable bonds is 10. The van der Waals surface area contributed by atoms with Crippen LogP contribution in [0.2, 0.25) is 0 Å². The van der Waals surface area contributed by atoms with Crippen LogP contribution in [0.5, 0.6) is 23.0 Å². The molecule has 12 heteroatoms. The van der Waals surface area contributed by atoms with Gasteiger partial charge in [0.05, 0.1) is 40.1 Å². The van der Waals surface area contributed by atoms with E-state index in [2.05, 4.69) is 19.6 Å². The quantitative estimate of drug-likeness (QED) is 0.440. The lowest BCUT2D eigenvalue weighted by Crippen LogP contribution is -2.38. The Morgan fingerprint density at radius 3 is 2.46 bits per heavy atom. The number of fused-ring (bicyclic) bond motifs is 1. The maximum absolute atomic E-state index is 13.2. The molecule has 1 aliphatic rings. The lowest BCUT2D eigenvalue weighted by molar-refractivity contribution is 0.0321. The van der Waals surface area contributed by atoms with Crippen LogP contribution in [-0.2, 0) is 14.8 Å². The third kappa shape index (κ3) is 5.66. The minimum Gasteiger partial charge on any atom is -0.497 e. The van der Waals surface area contributed by atoms with E-state index in [4.69, 9.17) is 23.7 Å². The van der Waals surface area contributed by atoms with Gasteiger partial charge in [-0.15, -0.1) is 0 Å². The SMILES string of the molecule is COc1ccc(OC)c(S(=O)(=O)Nc2ncnc3cc(OCCN4CCOCC4)c(OC)cc23)c1. The first-order valence-electron chi connectivity index (χ1n) is 11.0. The number of hydrogen-bond acceptors (Lipinski definition) is 10. The Morgan fingerprint density at radius 2 is 1.74 bits per heavy atom. The second kappa shape index (κ2) is 10.9. The summed E-state index contributed by atoms with van der Waals surface area (Å²) in [7, 11) is 0.299. The predicted molar refractivity (Wildman–Crippen MR) is 129 cm³/mol. The van der Waals surface area contributed by atoms with Crippen molar-refractivity contribution < 1.29 is 32.1 Å². The first-order valence-corrected chi connectivity index (χ1v) is 12.4. The van der Waals surface area contributed by atoms with Crippen LogP contribution in [0.4, 0.5) is 5.82 Å². The molecule has 2 heterocycles. The van der Waals surface area contributed by atoms with Crippen molar-refractivity contribution >= 4 is 26.7 Å². The molecule has 1 fully saturated rings. The lowest BCUT2D eigenvalue weighted by atomic mass is 10.2. The van der Waals surface area contributed by atoms with Gasteiger partial charge in [0.2, 0.25) is 0 Å². The fourth-order valence-electron chi connectivity index (χ4n) is 3.70. The van der Waals surface area contributed by atoms with E-state index in [-0.39, 0.29) is 16.5 Å². The minimum atomic E-state index is -4.07. The van der Waals surface area contributed by atoms with E-state index in [0.29, 0.717) is 34.8 Å². The highest BCUT2D eigenvalue weighted by atomic mass is 32.2. The van der Waals surface area contributed by atoms with Crippen molar-refractivity contribution in [1.82, 2.24) is 14.9 Å². The number of nitrogens with one attached hydrogen (secondary N) is 1. The summed E-state index contributed by atoms with van der Waals surface area (Å²) >= 11 is 0. The van der Waals surface area contributed by atoms with Crippen LogP contribution in [0.15, 0.2) is 41.6 Å². The van der Waals surface area contributed by atoms with Crippen molar-refractivity contribution in [2.24, 2.45) is 0 Å². The molecule has 0 saturated carbocycles. The number of anilines is 1. The highest BCUT2D eigenvalue weighted by Gasteiger charge is 2.23. The predicted octanol–water partition coefficient (Wildman–Crippen LogP) is 2.17. The number of nitrogens with zero attached hydrogens (tertiary/aromatic N) is 3. The fraction of sp³-hybridized carbons (Fsp3) is 0.391. The third-order valence-electron chi connectivity index (χ3n) is 5.58. The molecule has 0 amide bonds. The number of methoxy groups -OCH3 is 3. The smallest absolute Gasteiger partial charge is 0.266 e. The minimum absolute atomic E-state index is 0.0823. The van der Waals surface area contributed by atoms with E-state index in [1.165, 1.54) is 39.8 Å². The monoisotopic (exact) mass is 504 g/mol. The molecule has 1 aromatic heterocycles. The van der Waals surface area contributed by atoms with Crippen molar-refractivity contribution in [2.75, 3.05) is 65.5 Å². The highest BCUT2D eigenvalue weighted by Crippen LogP contribution is 2.35. The summed E-state index contributed by atoms with van der Waals surface area (Å²) in [5.41, 5.74) is 0.498. The molecular formula is C23H28N4O7S. The number of hydrogen-bond donors (Lipinski definition) is 1. The molecule has 2 aromatic carbocycles. The van der Waals surface area contributed by atoms with E-state index in [1.54, 1.807) is 18.2 Å². The zero-order valence-electron chi connectivity index (χ0n) is 19.8. The van der Waals surface area contributed by atoms with Gasteiger partial charge in [0.1, 0.15) is 29.3 Å². The highest BCUT2D eigenvalue weighted by molar-refractivity contribution is 7.92. The summed E-state index contributed by atoms with van der Waals surface area (Å²) in [5, 5.41) is 0.454. The van der Waals surface area contributed by atoms with Crippen LogP contribution >= 0.6 is 0 Å². The van der Waals surface area contributed by atoms with E-state index in [9.17, 15) is 8.42 Å². The van der Waals surface area contributed by atoms with Crippen LogP contribution in [0, 0.1) is 0 Å². The summed E-state index contributed by atoms with van der Waals surface area (Å²) in [4.78, 5) is 10.6. The van der Waals surface area contributed by atoms with Gasteiger partial charge >= 0.3 is 0 Å². The average Bonchev–Trinajstić information content (AvgIpc) is 2.88. The molecule has 0 radical (unpaired) electrons. The van der Waals surface area contributed by atoms with E-state index < -0.39 is 10.0 Å². The van der Waals surface area contributed by atoms with Gasteiger partial charge in [-0.25, -0.2) is 18.4 Å². The summed E-state index contributed by atoms with van der Waals surface area (Å²) in [6.45, 7) is 4.39. The summed E-state index contributed by atoms with van der Waals surface area (Å²) < 4.78 is 56.2. The molecular weight excluding hydrogens is 476 g/mol. The second-order valence-electron chi connectivity index (χ2n) is 7.67. The summed E-state index contributed by atoms with van der Waals surface area (Å²) in [5.74, 6) is 1.59. The normalized spacial score (nSPS) is 14.5. The molecule has 4 rings (SSSR count).